The lowest BCUT2D eigenvalue weighted by Gasteiger charge is -2.37. The lowest BCUT2D eigenvalue weighted by Crippen LogP contribution is -2.48. The van der Waals surface area contributed by atoms with Crippen LogP contribution in [0, 0.1) is 11.8 Å². The van der Waals surface area contributed by atoms with Crippen molar-refractivity contribution < 1.29 is 24.2 Å². The molecule has 5 nitrogen and oxygen atoms in total. The number of ketones is 1. The van der Waals surface area contributed by atoms with Crippen molar-refractivity contribution >= 4 is 11.8 Å². The number of ether oxygens (including phenoxy) is 2. The molecule has 0 amide bonds. The van der Waals surface area contributed by atoms with E-state index in [1.165, 1.54) is 12.8 Å². The predicted octanol–water partition coefficient (Wildman–Crippen LogP) is 4.02. The van der Waals surface area contributed by atoms with Gasteiger partial charge in [-0.25, -0.2) is 0 Å². The topological polar surface area (TPSA) is 72.8 Å². The van der Waals surface area contributed by atoms with Crippen molar-refractivity contribution in [2.24, 2.45) is 11.8 Å². The van der Waals surface area contributed by atoms with Gasteiger partial charge in [-0.2, -0.15) is 0 Å². The number of unbranched alkanes of at least 4 members (excludes halogenated alkanes) is 4. The fourth-order valence-electron chi connectivity index (χ4n) is 4.70. The first kappa shape index (κ1) is 20.8. The zero-order valence-corrected chi connectivity index (χ0v) is 17.2. The molecule has 2 heterocycles. The van der Waals surface area contributed by atoms with Gasteiger partial charge in [0.2, 0.25) is 5.78 Å². The summed E-state index contributed by atoms with van der Waals surface area (Å²) in [6.07, 6.45) is 11.4. The number of aliphatic hydroxyl groups excluding tert-OH is 1. The number of aliphatic hydroxyl groups is 1. The first-order chi connectivity index (χ1) is 13.4. The second-order valence-corrected chi connectivity index (χ2v) is 8.30. The molecular formula is C23H32O5. The number of carbonyl (C=O) groups excluding carboxylic acids is 2. The highest BCUT2D eigenvalue weighted by molar-refractivity contribution is 6.07. The molecule has 5 heteroatoms. The summed E-state index contributed by atoms with van der Waals surface area (Å²) in [5.74, 6) is -0.884. The quantitative estimate of drug-likeness (QED) is 0.502. The number of allylic oxidation sites excluding steroid dienone is 4. The van der Waals surface area contributed by atoms with E-state index in [0.717, 1.165) is 30.6 Å². The summed E-state index contributed by atoms with van der Waals surface area (Å²) >= 11 is 0. The average molecular weight is 389 g/mol. The van der Waals surface area contributed by atoms with Crippen LogP contribution >= 0.6 is 0 Å². The number of fused-ring (bicyclic) bond motifs is 1. The molecule has 2 aliphatic heterocycles. The molecular weight excluding hydrogens is 356 g/mol. The van der Waals surface area contributed by atoms with Crippen LogP contribution < -0.4 is 0 Å². The fraction of sp³-hybridized carbons (Fsp3) is 0.652. The molecule has 0 bridgehead atoms. The predicted molar refractivity (Wildman–Crippen MR) is 106 cm³/mol. The molecule has 0 aromatic rings. The van der Waals surface area contributed by atoms with E-state index in [-0.39, 0.29) is 18.3 Å². The van der Waals surface area contributed by atoms with E-state index in [4.69, 9.17) is 9.47 Å². The molecule has 4 atom stereocenters. The zero-order chi connectivity index (χ0) is 20.3. The van der Waals surface area contributed by atoms with Crippen molar-refractivity contribution in [3.63, 3.8) is 0 Å². The molecule has 0 saturated carbocycles. The van der Waals surface area contributed by atoms with Gasteiger partial charge in [0.1, 0.15) is 12.4 Å². The van der Waals surface area contributed by atoms with Crippen LogP contribution in [0.2, 0.25) is 0 Å². The molecule has 3 aliphatic rings. The normalized spacial score (nSPS) is 30.6. The molecule has 154 valence electrons. The fourth-order valence-corrected chi connectivity index (χ4v) is 4.70. The maximum atomic E-state index is 13.1. The van der Waals surface area contributed by atoms with Gasteiger partial charge in [-0.05, 0) is 44.4 Å². The van der Waals surface area contributed by atoms with E-state index in [1.807, 2.05) is 25.2 Å². The Bertz CT molecular complexity index is 717. The minimum atomic E-state index is -1.20. The van der Waals surface area contributed by atoms with Gasteiger partial charge >= 0.3 is 5.97 Å². The summed E-state index contributed by atoms with van der Waals surface area (Å²) in [5.41, 5.74) is 0.304. The Labute approximate surface area is 167 Å². The van der Waals surface area contributed by atoms with Crippen molar-refractivity contribution in [1.29, 1.82) is 0 Å². The number of hydrogen-bond acceptors (Lipinski definition) is 5. The highest BCUT2D eigenvalue weighted by Gasteiger charge is 2.61. The van der Waals surface area contributed by atoms with E-state index < -0.39 is 23.6 Å². The van der Waals surface area contributed by atoms with Crippen LogP contribution in [0.5, 0.6) is 0 Å². The third kappa shape index (κ3) is 3.82. The lowest BCUT2D eigenvalue weighted by molar-refractivity contribution is -0.158. The Morgan fingerprint density at radius 3 is 2.75 bits per heavy atom. The van der Waals surface area contributed by atoms with Crippen molar-refractivity contribution in [2.45, 2.75) is 77.4 Å². The van der Waals surface area contributed by atoms with Gasteiger partial charge in [-0.3, -0.25) is 9.59 Å². The summed E-state index contributed by atoms with van der Waals surface area (Å²) < 4.78 is 11.2. The smallest absolute Gasteiger partial charge is 0.313 e. The van der Waals surface area contributed by atoms with Gasteiger partial charge in [0.05, 0.1) is 12.0 Å². The molecule has 0 spiro atoms. The first-order valence-corrected chi connectivity index (χ1v) is 10.6. The molecule has 0 aromatic heterocycles. The van der Waals surface area contributed by atoms with Gasteiger partial charge in [0, 0.05) is 11.5 Å². The largest absolute Gasteiger partial charge is 0.489 e. The molecule has 1 saturated heterocycles. The Hall–Kier alpha value is -1.88. The molecule has 3 rings (SSSR count). The minimum absolute atomic E-state index is 0.180. The number of hydrogen-bond donors (Lipinski definition) is 1. The van der Waals surface area contributed by atoms with E-state index in [0.29, 0.717) is 18.4 Å². The van der Waals surface area contributed by atoms with Crippen LogP contribution in [0.25, 0.3) is 0 Å². The average Bonchev–Trinajstić information content (AvgIpc) is 2.92. The van der Waals surface area contributed by atoms with Crippen molar-refractivity contribution in [1.82, 2.24) is 0 Å². The Morgan fingerprint density at radius 2 is 2.04 bits per heavy atom. The van der Waals surface area contributed by atoms with Gasteiger partial charge < -0.3 is 14.6 Å². The highest BCUT2D eigenvalue weighted by Crippen LogP contribution is 2.49. The van der Waals surface area contributed by atoms with Crippen LogP contribution in [-0.4, -0.2) is 35.2 Å². The van der Waals surface area contributed by atoms with E-state index >= 15 is 0 Å². The molecule has 1 aliphatic carbocycles. The Balaban J connectivity index is 1.77. The second kappa shape index (κ2) is 8.64. The summed E-state index contributed by atoms with van der Waals surface area (Å²) in [6.45, 7) is 5.98. The van der Waals surface area contributed by atoms with Crippen LogP contribution in [0.1, 0.15) is 65.7 Å². The van der Waals surface area contributed by atoms with Gasteiger partial charge in [0.25, 0.3) is 0 Å². The van der Waals surface area contributed by atoms with Gasteiger partial charge in [0.15, 0.2) is 5.60 Å². The Kier molecular flexibility index (Phi) is 6.43. The van der Waals surface area contributed by atoms with E-state index in [1.54, 1.807) is 6.92 Å². The van der Waals surface area contributed by atoms with Crippen molar-refractivity contribution in [2.75, 3.05) is 6.61 Å². The third-order valence-corrected chi connectivity index (χ3v) is 6.33. The standard InChI is InChI=1S/C23H32O5/c1-4-6-7-8-9-11-19(24)20-18-13-15-12-16(10-5-2)27-14-17(15)21(25)23(18,3)28-22(20)26/h5,10,12,18-20,24H,4,6-9,11,13-14H2,1-3H3/b10-5+/t18?,19?,20-,23+/m0/s1. The lowest BCUT2D eigenvalue weighted by atomic mass is 9.67. The van der Waals surface area contributed by atoms with Crippen molar-refractivity contribution in [3.8, 4) is 0 Å². The Morgan fingerprint density at radius 1 is 1.29 bits per heavy atom. The maximum Gasteiger partial charge on any atom is 0.313 e. The molecule has 1 N–H and O–H groups in total. The molecule has 0 radical (unpaired) electrons. The summed E-state index contributed by atoms with van der Waals surface area (Å²) in [6, 6.07) is 0. The van der Waals surface area contributed by atoms with E-state index in [2.05, 4.69) is 6.92 Å². The molecule has 28 heavy (non-hydrogen) atoms. The number of Topliss-reactive ketones (excluding diaryl/α,β-unsaturated/α-hetero) is 1. The summed E-state index contributed by atoms with van der Waals surface area (Å²) in [5, 5.41) is 10.8. The first-order valence-electron chi connectivity index (χ1n) is 10.6. The van der Waals surface area contributed by atoms with E-state index in [9.17, 15) is 14.7 Å². The highest BCUT2D eigenvalue weighted by atomic mass is 16.6. The monoisotopic (exact) mass is 388 g/mol. The number of carbonyl (C=O) groups is 2. The summed E-state index contributed by atoms with van der Waals surface area (Å²) in [7, 11) is 0. The van der Waals surface area contributed by atoms with Crippen molar-refractivity contribution in [3.05, 3.63) is 35.1 Å². The van der Waals surface area contributed by atoms with Crippen LogP contribution in [0.15, 0.2) is 35.1 Å². The van der Waals surface area contributed by atoms with Crippen LogP contribution in [-0.2, 0) is 19.1 Å². The number of esters is 1. The third-order valence-electron chi connectivity index (χ3n) is 6.33. The molecule has 2 unspecified atom stereocenters. The second-order valence-electron chi connectivity index (χ2n) is 8.30. The SMILES string of the molecule is C/C=C/C1=CC2=C(CO1)C(=O)[C@]1(C)OC(=O)[C@H](C(O)CCCCCCC)C1C2. The molecule has 1 fully saturated rings. The van der Waals surface area contributed by atoms with Crippen LogP contribution in [0.4, 0.5) is 0 Å². The minimum Gasteiger partial charge on any atom is -0.489 e. The number of rotatable bonds is 8. The van der Waals surface area contributed by atoms with Gasteiger partial charge in [-0.15, -0.1) is 0 Å². The van der Waals surface area contributed by atoms with Gasteiger partial charge in [-0.1, -0.05) is 45.1 Å². The van der Waals surface area contributed by atoms with Crippen LogP contribution in [0.3, 0.4) is 0 Å². The summed E-state index contributed by atoms with van der Waals surface area (Å²) in [4.78, 5) is 25.8. The maximum absolute atomic E-state index is 13.1. The zero-order valence-electron chi connectivity index (χ0n) is 17.2. The molecule has 0 aromatic carbocycles.